The summed E-state index contributed by atoms with van der Waals surface area (Å²) in [7, 11) is -3.63. The van der Waals surface area contributed by atoms with Crippen molar-refractivity contribution in [2.45, 2.75) is 38.2 Å². The van der Waals surface area contributed by atoms with Gasteiger partial charge in [-0.25, -0.2) is 8.42 Å². The van der Waals surface area contributed by atoms with Crippen LogP contribution in [-0.4, -0.2) is 44.4 Å². The molecule has 0 aromatic heterocycles. The van der Waals surface area contributed by atoms with Gasteiger partial charge in [0.2, 0.25) is 10.0 Å². The van der Waals surface area contributed by atoms with Crippen molar-refractivity contribution < 1.29 is 17.9 Å². The molecular formula is C21H27N3O4S. The fourth-order valence-electron chi connectivity index (χ4n) is 3.39. The monoisotopic (exact) mass is 417 g/mol. The number of nitrogens with zero attached hydrogens (tertiary/aromatic N) is 1. The topological polar surface area (TPSA) is 87.7 Å². The zero-order valence-corrected chi connectivity index (χ0v) is 17.8. The van der Waals surface area contributed by atoms with E-state index in [1.54, 1.807) is 26.0 Å². The molecule has 2 aromatic rings. The molecule has 0 spiro atoms. The summed E-state index contributed by atoms with van der Waals surface area (Å²) in [4.78, 5) is 13.0. The number of carbonyl (C=O) groups is 1. The van der Waals surface area contributed by atoms with Gasteiger partial charge in [-0.3, -0.25) is 4.79 Å². The SMILES string of the molecule is CCNc1ccc(S(=O)(=O)N(CC)CC)cc1NC(=O)C1Cc2ccccc2O1. The fraction of sp³-hybridized carbons (Fsp3) is 0.381. The Kier molecular flexibility index (Phi) is 6.44. The molecule has 1 atom stereocenters. The maximum atomic E-state index is 12.9. The highest BCUT2D eigenvalue weighted by Gasteiger charge is 2.30. The largest absolute Gasteiger partial charge is 0.480 e. The minimum absolute atomic E-state index is 0.147. The first-order valence-corrected chi connectivity index (χ1v) is 11.3. The molecule has 0 bridgehead atoms. The van der Waals surface area contributed by atoms with Crippen LogP contribution in [0.25, 0.3) is 0 Å². The molecule has 3 rings (SSSR count). The van der Waals surface area contributed by atoms with Crippen LogP contribution in [-0.2, 0) is 21.2 Å². The number of hydrogen-bond donors (Lipinski definition) is 2. The first-order chi connectivity index (χ1) is 13.9. The Bertz CT molecular complexity index is 962. The lowest BCUT2D eigenvalue weighted by Gasteiger charge is -2.20. The molecule has 2 aromatic carbocycles. The molecule has 0 saturated heterocycles. The molecule has 8 heteroatoms. The van der Waals surface area contributed by atoms with Crippen LogP contribution in [0.1, 0.15) is 26.3 Å². The number of benzene rings is 2. The molecule has 156 valence electrons. The Balaban J connectivity index is 1.86. The van der Waals surface area contributed by atoms with Crippen molar-refractivity contribution in [3.05, 3.63) is 48.0 Å². The highest BCUT2D eigenvalue weighted by atomic mass is 32.2. The van der Waals surface area contributed by atoms with Crippen molar-refractivity contribution in [3.8, 4) is 5.75 Å². The van der Waals surface area contributed by atoms with Gasteiger partial charge in [0.05, 0.1) is 16.3 Å². The van der Waals surface area contributed by atoms with Gasteiger partial charge in [0.1, 0.15) is 5.75 Å². The molecule has 29 heavy (non-hydrogen) atoms. The Morgan fingerprint density at radius 1 is 1.10 bits per heavy atom. The Hall–Kier alpha value is -2.58. The van der Waals surface area contributed by atoms with Crippen molar-refractivity contribution in [1.82, 2.24) is 4.31 Å². The van der Waals surface area contributed by atoms with Gasteiger partial charge < -0.3 is 15.4 Å². The van der Waals surface area contributed by atoms with E-state index in [0.29, 0.717) is 43.2 Å². The molecule has 1 amide bonds. The maximum Gasteiger partial charge on any atom is 0.265 e. The van der Waals surface area contributed by atoms with Crippen LogP contribution in [0.15, 0.2) is 47.4 Å². The second-order valence-corrected chi connectivity index (χ2v) is 8.67. The quantitative estimate of drug-likeness (QED) is 0.689. The summed E-state index contributed by atoms with van der Waals surface area (Å²) in [5.41, 5.74) is 2.07. The van der Waals surface area contributed by atoms with Gasteiger partial charge in [0.15, 0.2) is 6.10 Å². The third-order valence-electron chi connectivity index (χ3n) is 4.90. The van der Waals surface area contributed by atoms with Crippen LogP contribution in [0.2, 0.25) is 0 Å². The second kappa shape index (κ2) is 8.84. The Morgan fingerprint density at radius 3 is 2.48 bits per heavy atom. The number of rotatable bonds is 8. The lowest BCUT2D eigenvalue weighted by atomic mass is 10.1. The number of fused-ring (bicyclic) bond motifs is 1. The first-order valence-electron chi connectivity index (χ1n) is 9.84. The van der Waals surface area contributed by atoms with Crippen LogP contribution in [0, 0.1) is 0 Å². The first kappa shape index (κ1) is 21.1. The van der Waals surface area contributed by atoms with E-state index in [1.165, 1.54) is 10.4 Å². The Morgan fingerprint density at radius 2 is 1.83 bits per heavy atom. The number of hydrogen-bond acceptors (Lipinski definition) is 5. The van der Waals surface area contributed by atoms with Gasteiger partial charge >= 0.3 is 0 Å². The summed E-state index contributed by atoms with van der Waals surface area (Å²) < 4.78 is 32.9. The average molecular weight is 418 g/mol. The van der Waals surface area contributed by atoms with Gasteiger partial charge in [-0.1, -0.05) is 32.0 Å². The molecule has 1 aliphatic rings. The normalized spacial score (nSPS) is 15.7. The van der Waals surface area contributed by atoms with Gasteiger partial charge in [-0.05, 0) is 36.8 Å². The van der Waals surface area contributed by atoms with Gasteiger partial charge in [-0.15, -0.1) is 0 Å². The molecule has 0 aliphatic carbocycles. The number of carbonyl (C=O) groups excluding carboxylic acids is 1. The molecule has 0 fully saturated rings. The molecule has 2 N–H and O–H groups in total. The van der Waals surface area contributed by atoms with Gasteiger partial charge in [-0.2, -0.15) is 4.31 Å². The van der Waals surface area contributed by atoms with E-state index in [4.69, 9.17) is 4.74 Å². The molecule has 1 aliphatic heterocycles. The third kappa shape index (κ3) is 4.38. The molecule has 7 nitrogen and oxygen atoms in total. The van der Waals surface area contributed by atoms with E-state index < -0.39 is 16.1 Å². The van der Waals surface area contributed by atoms with Crippen molar-refractivity contribution in [1.29, 1.82) is 0 Å². The van der Waals surface area contributed by atoms with Crippen LogP contribution in [0.4, 0.5) is 11.4 Å². The number of amides is 1. The van der Waals surface area contributed by atoms with Crippen LogP contribution in [0.3, 0.4) is 0 Å². The molecule has 1 unspecified atom stereocenters. The second-order valence-electron chi connectivity index (χ2n) is 6.73. The summed E-state index contributed by atoms with van der Waals surface area (Å²) in [6, 6.07) is 12.3. The molecule has 0 saturated carbocycles. The number of sulfonamides is 1. The minimum Gasteiger partial charge on any atom is -0.480 e. The van der Waals surface area contributed by atoms with Crippen LogP contribution in [0.5, 0.6) is 5.75 Å². The summed E-state index contributed by atoms with van der Waals surface area (Å²) in [6.45, 7) is 6.92. The van der Waals surface area contributed by atoms with Crippen molar-refractivity contribution in [2.75, 3.05) is 30.3 Å². The van der Waals surface area contributed by atoms with Crippen molar-refractivity contribution in [3.63, 3.8) is 0 Å². The maximum absolute atomic E-state index is 12.9. The van der Waals surface area contributed by atoms with Crippen molar-refractivity contribution in [2.24, 2.45) is 0 Å². The third-order valence-corrected chi connectivity index (χ3v) is 6.94. The van der Waals surface area contributed by atoms with E-state index in [-0.39, 0.29) is 10.8 Å². The summed E-state index contributed by atoms with van der Waals surface area (Å²) in [6.07, 6.45) is -0.166. The lowest BCUT2D eigenvalue weighted by molar-refractivity contribution is -0.122. The summed E-state index contributed by atoms with van der Waals surface area (Å²) in [5.74, 6) is 0.398. The van der Waals surface area contributed by atoms with E-state index in [9.17, 15) is 13.2 Å². The summed E-state index contributed by atoms with van der Waals surface area (Å²) >= 11 is 0. The fourth-order valence-corrected chi connectivity index (χ4v) is 4.87. The van der Waals surface area contributed by atoms with Gasteiger partial charge in [0, 0.05) is 26.1 Å². The Labute approximate surface area is 172 Å². The van der Waals surface area contributed by atoms with Crippen LogP contribution < -0.4 is 15.4 Å². The van der Waals surface area contributed by atoms with E-state index in [1.807, 2.05) is 31.2 Å². The van der Waals surface area contributed by atoms with E-state index in [0.717, 1.165) is 5.56 Å². The predicted octanol–water partition coefficient (Wildman–Crippen LogP) is 3.09. The molecule has 0 radical (unpaired) electrons. The standard InChI is InChI=1S/C21H27N3O4S/c1-4-22-17-12-11-16(29(26,27)24(5-2)6-3)14-18(17)23-21(25)20-13-15-9-7-8-10-19(15)28-20/h7-12,14,20,22H,4-6,13H2,1-3H3,(H,23,25). The van der Waals surface area contributed by atoms with E-state index >= 15 is 0 Å². The summed E-state index contributed by atoms with van der Waals surface area (Å²) in [5, 5.41) is 6.01. The van der Waals surface area contributed by atoms with Crippen molar-refractivity contribution >= 4 is 27.3 Å². The van der Waals surface area contributed by atoms with E-state index in [2.05, 4.69) is 10.6 Å². The highest BCUT2D eigenvalue weighted by molar-refractivity contribution is 7.89. The number of para-hydroxylation sites is 1. The average Bonchev–Trinajstić information content (AvgIpc) is 3.14. The minimum atomic E-state index is -3.63. The predicted molar refractivity (Wildman–Crippen MR) is 114 cm³/mol. The zero-order chi connectivity index (χ0) is 21.0. The number of nitrogens with one attached hydrogen (secondary N) is 2. The molecular weight excluding hydrogens is 390 g/mol. The van der Waals surface area contributed by atoms with Gasteiger partial charge in [0.25, 0.3) is 5.91 Å². The molecule has 1 heterocycles. The lowest BCUT2D eigenvalue weighted by Crippen LogP contribution is -2.32. The zero-order valence-electron chi connectivity index (χ0n) is 16.9. The number of ether oxygens (including phenoxy) is 1. The number of anilines is 2. The van der Waals surface area contributed by atoms with Crippen LogP contribution >= 0.6 is 0 Å². The highest BCUT2D eigenvalue weighted by Crippen LogP contribution is 2.31. The smallest absolute Gasteiger partial charge is 0.265 e.